The number of carbonyl (C=O) groups excluding carboxylic acids is 1. The van der Waals surface area contributed by atoms with Crippen molar-refractivity contribution in [1.82, 2.24) is 0 Å². The summed E-state index contributed by atoms with van der Waals surface area (Å²) in [6.07, 6.45) is 0. The number of anilines is 1. The summed E-state index contributed by atoms with van der Waals surface area (Å²) < 4.78 is 13.4. The van der Waals surface area contributed by atoms with Gasteiger partial charge >= 0.3 is 0 Å². The number of nitrogens with two attached hydrogens (primary N) is 1. The highest BCUT2D eigenvalue weighted by Crippen LogP contribution is 2.24. The molecule has 2 aromatic carbocycles. The summed E-state index contributed by atoms with van der Waals surface area (Å²) in [5.41, 5.74) is 1.07. The molecule has 22 heavy (non-hydrogen) atoms. The van der Waals surface area contributed by atoms with E-state index in [0.29, 0.717) is 10.0 Å². The minimum atomic E-state index is -0.454. The molecule has 0 aliphatic carbocycles. The fraction of sp³-hybridized carbons (Fsp3) is 0.188. The number of para-hydroxylation sites is 1. The molecule has 0 unspecified atom stereocenters. The van der Waals surface area contributed by atoms with Crippen LogP contribution in [0.25, 0.3) is 0 Å². The maximum Gasteiger partial charge on any atom is 0.279 e. The first-order valence-corrected chi connectivity index (χ1v) is 7.55. The third kappa shape index (κ3) is 4.44. The molecule has 0 saturated carbocycles. The summed E-state index contributed by atoms with van der Waals surface area (Å²) >= 11 is 12.0. The van der Waals surface area contributed by atoms with Crippen LogP contribution in [0.2, 0.25) is 10.0 Å². The Morgan fingerprint density at radius 3 is 2.68 bits per heavy atom. The summed E-state index contributed by atoms with van der Waals surface area (Å²) in [7, 11) is 0. The number of rotatable bonds is 5. The Morgan fingerprint density at radius 2 is 2.00 bits per heavy atom. The molecule has 0 aromatic heterocycles. The zero-order valence-electron chi connectivity index (χ0n) is 11.9. The highest BCUT2D eigenvalue weighted by atomic mass is 35.5. The molecule has 1 amide bonds. The van der Waals surface area contributed by atoms with Crippen molar-refractivity contribution in [2.24, 2.45) is 0 Å². The molecule has 3 nitrogen and oxygen atoms in total. The Balaban J connectivity index is 1.92. The van der Waals surface area contributed by atoms with E-state index in [9.17, 15) is 9.18 Å². The normalized spacial score (nSPS) is 12.0. The van der Waals surface area contributed by atoms with Crippen molar-refractivity contribution in [3.05, 3.63) is 63.9 Å². The van der Waals surface area contributed by atoms with Crippen LogP contribution in [0.15, 0.2) is 42.5 Å². The monoisotopic (exact) mass is 341 g/mol. The van der Waals surface area contributed by atoms with Crippen molar-refractivity contribution < 1.29 is 14.5 Å². The molecule has 0 radical (unpaired) electrons. The van der Waals surface area contributed by atoms with Gasteiger partial charge in [-0.25, -0.2) is 4.39 Å². The summed E-state index contributed by atoms with van der Waals surface area (Å²) in [4.78, 5) is 11.9. The molecule has 0 spiro atoms. The fourth-order valence-corrected chi connectivity index (χ4v) is 2.63. The fourth-order valence-electron chi connectivity index (χ4n) is 2.05. The Kier molecular flexibility index (Phi) is 5.77. The summed E-state index contributed by atoms with van der Waals surface area (Å²) in [5.74, 6) is -0.730. The van der Waals surface area contributed by atoms with E-state index in [1.807, 2.05) is 18.3 Å². The lowest BCUT2D eigenvalue weighted by Gasteiger charge is -2.13. The van der Waals surface area contributed by atoms with Gasteiger partial charge in [0.05, 0.1) is 10.7 Å². The summed E-state index contributed by atoms with van der Waals surface area (Å²) in [6, 6.07) is 11.3. The highest BCUT2D eigenvalue weighted by Gasteiger charge is 2.15. The number of halogens is 3. The van der Waals surface area contributed by atoms with E-state index < -0.39 is 5.82 Å². The second-order valence-electron chi connectivity index (χ2n) is 4.92. The largest absolute Gasteiger partial charge is 0.332 e. The Morgan fingerprint density at radius 1 is 1.27 bits per heavy atom. The highest BCUT2D eigenvalue weighted by molar-refractivity contribution is 6.35. The SMILES string of the molecule is C[C@H]([NH2+]CC(=O)Nc1ccccc1F)c1ccc(Cl)cc1Cl. The average Bonchev–Trinajstić information content (AvgIpc) is 2.47. The minimum Gasteiger partial charge on any atom is -0.332 e. The van der Waals surface area contributed by atoms with Gasteiger partial charge in [-0.1, -0.05) is 41.4 Å². The topological polar surface area (TPSA) is 45.7 Å². The van der Waals surface area contributed by atoms with E-state index in [4.69, 9.17) is 23.2 Å². The van der Waals surface area contributed by atoms with Gasteiger partial charge in [-0.3, -0.25) is 4.79 Å². The Hall–Kier alpha value is -1.62. The van der Waals surface area contributed by atoms with Gasteiger partial charge in [0.1, 0.15) is 11.9 Å². The molecule has 116 valence electrons. The lowest BCUT2D eigenvalue weighted by molar-refractivity contribution is -0.682. The molecule has 0 bridgehead atoms. The van der Waals surface area contributed by atoms with Gasteiger partial charge in [0.25, 0.3) is 5.91 Å². The third-order valence-electron chi connectivity index (χ3n) is 3.26. The van der Waals surface area contributed by atoms with Gasteiger partial charge in [-0.05, 0) is 31.2 Å². The first-order chi connectivity index (χ1) is 10.5. The summed E-state index contributed by atoms with van der Waals surface area (Å²) in [5, 5.41) is 5.49. The smallest absolute Gasteiger partial charge is 0.279 e. The van der Waals surface area contributed by atoms with E-state index >= 15 is 0 Å². The van der Waals surface area contributed by atoms with Crippen molar-refractivity contribution in [1.29, 1.82) is 0 Å². The molecule has 0 aliphatic rings. The zero-order valence-corrected chi connectivity index (χ0v) is 13.5. The van der Waals surface area contributed by atoms with Gasteiger partial charge in [0.2, 0.25) is 0 Å². The second kappa shape index (κ2) is 7.58. The zero-order chi connectivity index (χ0) is 16.1. The van der Waals surface area contributed by atoms with Crippen LogP contribution in [0, 0.1) is 5.82 Å². The number of benzene rings is 2. The van der Waals surface area contributed by atoms with E-state index in [1.165, 1.54) is 12.1 Å². The first kappa shape index (κ1) is 16.7. The third-order valence-corrected chi connectivity index (χ3v) is 3.82. The van der Waals surface area contributed by atoms with Gasteiger partial charge < -0.3 is 10.6 Å². The second-order valence-corrected chi connectivity index (χ2v) is 5.77. The van der Waals surface area contributed by atoms with Crippen LogP contribution in [0.3, 0.4) is 0 Å². The molecule has 1 atom stereocenters. The minimum absolute atomic E-state index is 0.0175. The Bertz CT molecular complexity index is 679. The van der Waals surface area contributed by atoms with Gasteiger partial charge in [0.15, 0.2) is 6.54 Å². The van der Waals surface area contributed by atoms with Crippen LogP contribution in [0.1, 0.15) is 18.5 Å². The van der Waals surface area contributed by atoms with Crippen LogP contribution >= 0.6 is 23.2 Å². The molecule has 0 aliphatic heterocycles. The van der Waals surface area contributed by atoms with Crippen molar-refractivity contribution in [3.63, 3.8) is 0 Å². The van der Waals surface area contributed by atoms with E-state index in [0.717, 1.165) is 5.56 Å². The van der Waals surface area contributed by atoms with Crippen molar-refractivity contribution >= 4 is 34.8 Å². The van der Waals surface area contributed by atoms with Gasteiger partial charge in [-0.15, -0.1) is 0 Å². The number of quaternary nitrogens is 1. The van der Waals surface area contributed by atoms with Crippen molar-refractivity contribution in [2.45, 2.75) is 13.0 Å². The predicted octanol–water partition coefficient (Wildman–Crippen LogP) is 3.40. The van der Waals surface area contributed by atoms with E-state index in [-0.39, 0.29) is 24.2 Å². The molecular weight excluding hydrogens is 326 g/mol. The quantitative estimate of drug-likeness (QED) is 0.860. The molecule has 0 heterocycles. The van der Waals surface area contributed by atoms with Crippen molar-refractivity contribution in [2.75, 3.05) is 11.9 Å². The summed E-state index contributed by atoms with van der Waals surface area (Å²) in [6.45, 7) is 2.10. The number of carbonyl (C=O) groups is 1. The first-order valence-electron chi connectivity index (χ1n) is 6.80. The number of hydrogen-bond donors (Lipinski definition) is 2. The molecule has 6 heteroatoms. The predicted molar refractivity (Wildman–Crippen MR) is 86.7 cm³/mol. The number of nitrogens with one attached hydrogen (secondary N) is 1. The maximum atomic E-state index is 13.4. The van der Waals surface area contributed by atoms with Gasteiger partial charge in [0, 0.05) is 10.6 Å². The van der Waals surface area contributed by atoms with Crippen LogP contribution in [0.5, 0.6) is 0 Å². The van der Waals surface area contributed by atoms with E-state index in [2.05, 4.69) is 5.32 Å². The van der Waals surface area contributed by atoms with E-state index in [1.54, 1.807) is 24.3 Å². The lowest BCUT2D eigenvalue weighted by Crippen LogP contribution is -2.86. The molecule has 0 fully saturated rings. The standard InChI is InChI=1S/C16H15Cl2FN2O/c1-10(12-7-6-11(17)8-13(12)18)20-9-16(22)21-15-5-3-2-4-14(15)19/h2-8,10,20H,9H2,1H3,(H,21,22)/p+1/t10-/m0/s1. The molecule has 2 aromatic rings. The molecule has 3 N–H and O–H groups in total. The average molecular weight is 342 g/mol. The van der Waals surface area contributed by atoms with Crippen molar-refractivity contribution in [3.8, 4) is 0 Å². The number of amides is 1. The number of hydrogen-bond acceptors (Lipinski definition) is 1. The maximum absolute atomic E-state index is 13.4. The van der Waals surface area contributed by atoms with Crippen LogP contribution in [0.4, 0.5) is 10.1 Å². The van der Waals surface area contributed by atoms with Crippen LogP contribution in [-0.2, 0) is 4.79 Å². The molecule has 0 saturated heterocycles. The van der Waals surface area contributed by atoms with Crippen LogP contribution < -0.4 is 10.6 Å². The Labute approximate surface area is 138 Å². The molecule has 2 rings (SSSR count). The molecular formula is C16H16Cl2FN2O+. The van der Waals surface area contributed by atoms with Gasteiger partial charge in [-0.2, -0.15) is 0 Å². The lowest BCUT2D eigenvalue weighted by atomic mass is 10.1. The van der Waals surface area contributed by atoms with Crippen LogP contribution in [-0.4, -0.2) is 12.5 Å².